The van der Waals surface area contributed by atoms with Gasteiger partial charge in [0.1, 0.15) is 17.0 Å². The number of carbonyl (C=O) groups excluding carboxylic acids is 1. The van der Waals surface area contributed by atoms with E-state index in [9.17, 15) is 4.79 Å². The van der Waals surface area contributed by atoms with Crippen molar-refractivity contribution in [1.82, 2.24) is 15.1 Å². The lowest BCUT2D eigenvalue weighted by Crippen LogP contribution is -2.46. The highest BCUT2D eigenvalue weighted by Crippen LogP contribution is 2.46. The zero-order valence-electron chi connectivity index (χ0n) is 15.6. The van der Waals surface area contributed by atoms with Crippen LogP contribution in [-0.4, -0.2) is 21.3 Å². The van der Waals surface area contributed by atoms with E-state index in [0.717, 1.165) is 36.3 Å². The number of para-hydroxylation sites is 1. The molecule has 1 aromatic heterocycles. The molecule has 1 aromatic carbocycles. The second kappa shape index (κ2) is 6.78. The van der Waals surface area contributed by atoms with Crippen LogP contribution < -0.4 is 10.1 Å². The molecule has 1 aliphatic heterocycles. The van der Waals surface area contributed by atoms with Crippen molar-refractivity contribution >= 4 is 5.91 Å². The normalized spacial score (nSPS) is 21.1. The SMILES string of the molecule is CCn1nc(C)cc1C(=O)N[C@H]1CC2(CCCCC2)Oc2ccccc21. The van der Waals surface area contributed by atoms with E-state index >= 15 is 0 Å². The van der Waals surface area contributed by atoms with Gasteiger partial charge >= 0.3 is 0 Å². The largest absolute Gasteiger partial charge is 0.487 e. The summed E-state index contributed by atoms with van der Waals surface area (Å²) in [7, 11) is 0. The molecule has 2 aliphatic rings. The predicted molar refractivity (Wildman–Crippen MR) is 100 cm³/mol. The van der Waals surface area contributed by atoms with Crippen LogP contribution in [0.1, 0.15) is 73.2 Å². The number of benzene rings is 1. The van der Waals surface area contributed by atoms with Crippen LogP contribution in [0.25, 0.3) is 0 Å². The number of rotatable bonds is 3. The number of carbonyl (C=O) groups is 1. The third-order valence-electron chi connectivity index (χ3n) is 5.70. The monoisotopic (exact) mass is 353 g/mol. The van der Waals surface area contributed by atoms with E-state index in [4.69, 9.17) is 4.74 Å². The Kier molecular flexibility index (Phi) is 4.47. The van der Waals surface area contributed by atoms with Crippen molar-refractivity contribution in [2.45, 2.75) is 70.6 Å². The Labute approximate surface area is 154 Å². The highest BCUT2D eigenvalue weighted by atomic mass is 16.5. The minimum Gasteiger partial charge on any atom is -0.487 e. The van der Waals surface area contributed by atoms with Crippen molar-refractivity contribution in [1.29, 1.82) is 0 Å². The van der Waals surface area contributed by atoms with Crippen molar-refractivity contribution in [2.24, 2.45) is 0 Å². The minimum absolute atomic E-state index is 0.0222. The molecule has 0 saturated heterocycles. The Balaban J connectivity index is 1.62. The van der Waals surface area contributed by atoms with Crippen molar-refractivity contribution in [3.8, 4) is 5.75 Å². The number of hydrogen-bond donors (Lipinski definition) is 1. The average molecular weight is 353 g/mol. The molecule has 1 fully saturated rings. The molecule has 4 rings (SSSR count). The van der Waals surface area contributed by atoms with Crippen molar-refractivity contribution < 1.29 is 9.53 Å². The van der Waals surface area contributed by atoms with Crippen LogP contribution in [0.2, 0.25) is 0 Å². The molecule has 5 nitrogen and oxygen atoms in total. The molecule has 0 unspecified atom stereocenters. The van der Waals surface area contributed by atoms with Gasteiger partial charge in [0.05, 0.1) is 11.7 Å². The zero-order chi connectivity index (χ0) is 18.1. The maximum Gasteiger partial charge on any atom is 0.270 e. The summed E-state index contributed by atoms with van der Waals surface area (Å²) >= 11 is 0. The first-order chi connectivity index (χ1) is 12.6. The molecule has 1 aliphatic carbocycles. The van der Waals surface area contributed by atoms with Crippen LogP contribution >= 0.6 is 0 Å². The van der Waals surface area contributed by atoms with Crippen LogP contribution in [0.5, 0.6) is 5.75 Å². The van der Waals surface area contributed by atoms with Gasteiger partial charge in [0.15, 0.2) is 0 Å². The van der Waals surface area contributed by atoms with E-state index in [0.29, 0.717) is 12.2 Å². The molecule has 1 saturated carbocycles. The molecule has 1 N–H and O–H groups in total. The summed E-state index contributed by atoms with van der Waals surface area (Å²) in [5, 5.41) is 7.67. The minimum atomic E-state index is -0.133. The topological polar surface area (TPSA) is 56.2 Å². The van der Waals surface area contributed by atoms with E-state index in [1.54, 1.807) is 4.68 Å². The molecule has 1 amide bonds. The van der Waals surface area contributed by atoms with E-state index in [1.165, 1.54) is 19.3 Å². The van der Waals surface area contributed by atoms with Gasteiger partial charge in [0.25, 0.3) is 5.91 Å². The lowest BCUT2D eigenvalue weighted by atomic mass is 9.77. The van der Waals surface area contributed by atoms with Gasteiger partial charge in [-0.25, -0.2) is 0 Å². The van der Waals surface area contributed by atoms with Gasteiger partial charge in [-0.15, -0.1) is 0 Å². The molecular weight excluding hydrogens is 326 g/mol. The Bertz CT molecular complexity index is 805. The maximum atomic E-state index is 13.0. The van der Waals surface area contributed by atoms with Crippen molar-refractivity contribution in [3.63, 3.8) is 0 Å². The second-order valence-corrected chi connectivity index (χ2v) is 7.60. The second-order valence-electron chi connectivity index (χ2n) is 7.60. The summed E-state index contributed by atoms with van der Waals surface area (Å²) in [5.41, 5.74) is 2.45. The number of nitrogens with one attached hydrogen (secondary N) is 1. The molecule has 0 bridgehead atoms. The lowest BCUT2D eigenvalue weighted by molar-refractivity contribution is -0.00214. The van der Waals surface area contributed by atoms with Gasteiger partial charge in [-0.2, -0.15) is 5.10 Å². The van der Waals surface area contributed by atoms with Crippen LogP contribution in [0.15, 0.2) is 30.3 Å². The van der Waals surface area contributed by atoms with Gasteiger partial charge < -0.3 is 10.1 Å². The van der Waals surface area contributed by atoms with E-state index in [2.05, 4.69) is 16.5 Å². The molecule has 5 heteroatoms. The number of fused-ring (bicyclic) bond motifs is 1. The molecule has 1 atom stereocenters. The van der Waals surface area contributed by atoms with Crippen molar-refractivity contribution in [2.75, 3.05) is 0 Å². The zero-order valence-corrected chi connectivity index (χ0v) is 15.6. The standard InChI is InChI=1S/C21H27N3O2/c1-3-24-18(13-15(2)23-24)20(25)22-17-14-21(11-7-4-8-12-21)26-19-10-6-5-9-16(17)19/h5-6,9-10,13,17H,3-4,7-8,11-12,14H2,1-2H3,(H,22,25)/t17-/m0/s1. The fourth-order valence-corrected chi connectivity index (χ4v) is 4.45. The number of amides is 1. The fraction of sp³-hybridized carbons (Fsp3) is 0.524. The molecule has 1 spiro atoms. The predicted octanol–water partition coefficient (Wildman–Crippen LogP) is 4.17. The van der Waals surface area contributed by atoms with Crippen LogP contribution in [-0.2, 0) is 6.54 Å². The number of nitrogens with zero attached hydrogens (tertiary/aromatic N) is 2. The molecule has 26 heavy (non-hydrogen) atoms. The average Bonchev–Trinajstić information content (AvgIpc) is 3.03. The van der Waals surface area contributed by atoms with Crippen LogP contribution in [0.3, 0.4) is 0 Å². The Morgan fingerprint density at radius 2 is 2.08 bits per heavy atom. The summed E-state index contributed by atoms with van der Waals surface area (Å²) in [4.78, 5) is 13.0. The van der Waals surface area contributed by atoms with Gasteiger partial charge in [-0.1, -0.05) is 24.6 Å². The van der Waals surface area contributed by atoms with E-state index in [-0.39, 0.29) is 17.6 Å². The third kappa shape index (κ3) is 3.11. The molecule has 2 aromatic rings. The van der Waals surface area contributed by atoms with Crippen LogP contribution in [0, 0.1) is 6.92 Å². The Morgan fingerprint density at radius 3 is 2.85 bits per heavy atom. The fourth-order valence-electron chi connectivity index (χ4n) is 4.45. The number of aromatic nitrogens is 2. The maximum absolute atomic E-state index is 13.0. The Hall–Kier alpha value is -2.30. The third-order valence-corrected chi connectivity index (χ3v) is 5.70. The number of aryl methyl sites for hydroxylation is 2. The number of ether oxygens (including phenoxy) is 1. The molecule has 138 valence electrons. The first-order valence-electron chi connectivity index (χ1n) is 9.73. The van der Waals surface area contributed by atoms with Gasteiger partial charge in [-0.3, -0.25) is 9.48 Å². The van der Waals surface area contributed by atoms with E-state index < -0.39 is 0 Å². The first-order valence-corrected chi connectivity index (χ1v) is 9.73. The number of hydrogen-bond acceptors (Lipinski definition) is 3. The van der Waals surface area contributed by atoms with Gasteiger partial charge in [0.2, 0.25) is 0 Å². The molecular formula is C21H27N3O2. The summed E-state index contributed by atoms with van der Waals surface area (Å²) < 4.78 is 8.23. The van der Waals surface area contributed by atoms with Crippen molar-refractivity contribution in [3.05, 3.63) is 47.3 Å². The quantitative estimate of drug-likeness (QED) is 0.901. The first kappa shape index (κ1) is 17.1. The van der Waals surface area contributed by atoms with Crippen LogP contribution in [0.4, 0.5) is 0 Å². The summed E-state index contributed by atoms with van der Waals surface area (Å²) in [6.07, 6.45) is 6.66. The Morgan fingerprint density at radius 1 is 1.31 bits per heavy atom. The molecule has 0 radical (unpaired) electrons. The lowest BCUT2D eigenvalue weighted by Gasteiger charge is -2.44. The summed E-state index contributed by atoms with van der Waals surface area (Å²) in [5.74, 6) is 0.867. The summed E-state index contributed by atoms with van der Waals surface area (Å²) in [6.45, 7) is 4.61. The van der Waals surface area contributed by atoms with Gasteiger partial charge in [0, 0.05) is 18.5 Å². The highest BCUT2D eigenvalue weighted by molar-refractivity contribution is 5.93. The van der Waals surface area contributed by atoms with Gasteiger partial charge in [-0.05, 0) is 51.7 Å². The van der Waals surface area contributed by atoms with E-state index in [1.807, 2.05) is 38.1 Å². The summed E-state index contributed by atoms with van der Waals surface area (Å²) in [6, 6.07) is 9.96. The smallest absolute Gasteiger partial charge is 0.270 e. The molecule has 2 heterocycles. The highest BCUT2D eigenvalue weighted by Gasteiger charge is 2.42.